The summed E-state index contributed by atoms with van der Waals surface area (Å²) in [4.78, 5) is 0. The molecule has 1 rings (SSSR count). The van der Waals surface area contributed by atoms with Gasteiger partial charge in [-0.1, -0.05) is 36.0 Å². The lowest BCUT2D eigenvalue weighted by atomic mass is 9.85. The monoisotopic (exact) mass is 220 g/mol. The maximum absolute atomic E-state index is 9.59. The Bertz CT molecular complexity index is 302. The number of hydrogen-bond acceptors (Lipinski definition) is 1. The fourth-order valence-corrected chi connectivity index (χ4v) is 1.94. The molecule has 0 spiro atoms. The van der Waals surface area contributed by atoms with Gasteiger partial charge in [-0.2, -0.15) is 0 Å². The first-order valence-corrected chi connectivity index (χ1v) is 6.12. The van der Waals surface area contributed by atoms with Crippen LogP contribution < -0.4 is 0 Å². The van der Waals surface area contributed by atoms with Crippen LogP contribution in [0.4, 0.5) is 0 Å². The lowest BCUT2D eigenvalue weighted by Crippen LogP contribution is -2.16. The lowest BCUT2D eigenvalue weighted by Gasteiger charge is -2.21. The molecule has 0 amide bonds. The third kappa shape index (κ3) is 4.80. The summed E-state index contributed by atoms with van der Waals surface area (Å²) in [5.41, 5.74) is 2.09. The molecular formula is C15H24O. The second-order valence-corrected chi connectivity index (χ2v) is 5.52. The number of allylic oxidation sites excluding steroid dienone is 4. The summed E-state index contributed by atoms with van der Waals surface area (Å²) in [5.74, 6) is 0.599. The van der Waals surface area contributed by atoms with Gasteiger partial charge >= 0.3 is 0 Å². The normalized spacial score (nSPS) is 22.2. The van der Waals surface area contributed by atoms with Crippen molar-refractivity contribution < 1.29 is 5.11 Å². The summed E-state index contributed by atoms with van der Waals surface area (Å²) in [6.07, 6.45) is 10.7. The number of aliphatic hydroxyl groups is 1. The molecule has 0 saturated heterocycles. The molecule has 0 aromatic heterocycles. The van der Waals surface area contributed by atoms with E-state index in [-0.39, 0.29) is 0 Å². The van der Waals surface area contributed by atoms with Gasteiger partial charge in [0, 0.05) is 0 Å². The minimum absolute atomic E-state index is 0.599. The average Bonchev–Trinajstić information content (AvgIpc) is 2.16. The maximum Gasteiger partial charge on any atom is 0.0626 e. The SMILES string of the molecule is C=C(C=CCC(C)(C)O)C1CC=C(C)CC1. The molecule has 1 aliphatic rings. The van der Waals surface area contributed by atoms with Crippen molar-refractivity contribution in [2.45, 2.75) is 52.1 Å². The van der Waals surface area contributed by atoms with Gasteiger partial charge in [0.05, 0.1) is 5.60 Å². The van der Waals surface area contributed by atoms with Gasteiger partial charge < -0.3 is 5.11 Å². The third-order valence-corrected chi connectivity index (χ3v) is 3.11. The van der Waals surface area contributed by atoms with Gasteiger partial charge in [0.2, 0.25) is 0 Å². The number of rotatable bonds is 4. The van der Waals surface area contributed by atoms with E-state index in [2.05, 4.69) is 25.7 Å². The van der Waals surface area contributed by atoms with Crippen molar-refractivity contribution in [3.63, 3.8) is 0 Å². The number of hydrogen-bond donors (Lipinski definition) is 1. The molecule has 1 unspecified atom stereocenters. The van der Waals surface area contributed by atoms with Crippen molar-refractivity contribution in [3.05, 3.63) is 36.0 Å². The summed E-state index contributed by atoms with van der Waals surface area (Å²) >= 11 is 0. The van der Waals surface area contributed by atoms with Crippen LogP contribution in [0.3, 0.4) is 0 Å². The maximum atomic E-state index is 9.59. The first-order chi connectivity index (χ1) is 7.38. The van der Waals surface area contributed by atoms with E-state index in [0.29, 0.717) is 12.3 Å². The van der Waals surface area contributed by atoms with Gasteiger partial charge in [0.15, 0.2) is 0 Å². The summed E-state index contributed by atoms with van der Waals surface area (Å²) in [7, 11) is 0. The van der Waals surface area contributed by atoms with Gasteiger partial charge in [-0.15, -0.1) is 0 Å². The molecule has 1 N–H and O–H groups in total. The molecule has 0 fully saturated rings. The molecule has 1 aliphatic carbocycles. The topological polar surface area (TPSA) is 20.2 Å². The molecular weight excluding hydrogens is 196 g/mol. The van der Waals surface area contributed by atoms with Crippen molar-refractivity contribution >= 4 is 0 Å². The molecule has 1 heteroatoms. The van der Waals surface area contributed by atoms with E-state index < -0.39 is 5.60 Å². The van der Waals surface area contributed by atoms with Gasteiger partial charge in [0.1, 0.15) is 0 Å². The molecule has 0 aromatic carbocycles. The Hall–Kier alpha value is -0.820. The van der Waals surface area contributed by atoms with E-state index in [0.717, 1.165) is 6.42 Å². The predicted molar refractivity (Wildman–Crippen MR) is 70.3 cm³/mol. The molecule has 0 radical (unpaired) electrons. The van der Waals surface area contributed by atoms with Crippen molar-refractivity contribution in [1.29, 1.82) is 0 Å². The smallest absolute Gasteiger partial charge is 0.0626 e. The van der Waals surface area contributed by atoms with Crippen LogP contribution in [0, 0.1) is 5.92 Å². The van der Waals surface area contributed by atoms with Crippen molar-refractivity contribution in [2.24, 2.45) is 5.92 Å². The second-order valence-electron chi connectivity index (χ2n) is 5.52. The predicted octanol–water partition coefficient (Wildman–Crippen LogP) is 4.01. The van der Waals surface area contributed by atoms with Gasteiger partial charge in [-0.05, 0) is 52.4 Å². The fraction of sp³-hybridized carbons (Fsp3) is 0.600. The molecule has 0 aliphatic heterocycles. The van der Waals surface area contributed by atoms with E-state index in [1.54, 1.807) is 0 Å². The van der Waals surface area contributed by atoms with E-state index in [1.807, 2.05) is 19.9 Å². The van der Waals surface area contributed by atoms with E-state index in [9.17, 15) is 5.11 Å². The van der Waals surface area contributed by atoms with Crippen molar-refractivity contribution in [3.8, 4) is 0 Å². The van der Waals surface area contributed by atoms with E-state index >= 15 is 0 Å². The van der Waals surface area contributed by atoms with Crippen molar-refractivity contribution in [2.75, 3.05) is 0 Å². The highest BCUT2D eigenvalue weighted by molar-refractivity contribution is 5.21. The third-order valence-electron chi connectivity index (χ3n) is 3.11. The Kier molecular flexibility index (Phi) is 4.55. The summed E-state index contributed by atoms with van der Waals surface area (Å²) in [6.45, 7) is 9.98. The largest absolute Gasteiger partial charge is 0.390 e. The van der Waals surface area contributed by atoms with Crippen LogP contribution in [0.25, 0.3) is 0 Å². The molecule has 1 nitrogen and oxygen atoms in total. The zero-order chi connectivity index (χ0) is 12.2. The van der Waals surface area contributed by atoms with Gasteiger partial charge in [-0.25, -0.2) is 0 Å². The molecule has 0 saturated carbocycles. The van der Waals surface area contributed by atoms with Crippen molar-refractivity contribution in [1.82, 2.24) is 0 Å². The van der Waals surface area contributed by atoms with Gasteiger partial charge in [0.25, 0.3) is 0 Å². The van der Waals surface area contributed by atoms with E-state index in [1.165, 1.54) is 24.0 Å². The Morgan fingerprint density at radius 2 is 2.31 bits per heavy atom. The highest BCUT2D eigenvalue weighted by Crippen LogP contribution is 2.28. The molecule has 1 atom stereocenters. The van der Waals surface area contributed by atoms with Crippen LogP contribution in [-0.4, -0.2) is 10.7 Å². The quantitative estimate of drug-likeness (QED) is 0.560. The first kappa shape index (κ1) is 13.2. The molecule has 90 valence electrons. The molecule has 0 bridgehead atoms. The van der Waals surface area contributed by atoms with Crippen LogP contribution in [0.2, 0.25) is 0 Å². The van der Waals surface area contributed by atoms with Crippen LogP contribution in [0.15, 0.2) is 36.0 Å². The zero-order valence-electron chi connectivity index (χ0n) is 10.8. The summed E-state index contributed by atoms with van der Waals surface area (Å²) in [5, 5.41) is 9.59. The average molecular weight is 220 g/mol. The molecule has 0 heterocycles. The fourth-order valence-electron chi connectivity index (χ4n) is 1.94. The summed E-state index contributed by atoms with van der Waals surface area (Å²) < 4.78 is 0. The van der Waals surface area contributed by atoms with Crippen LogP contribution in [-0.2, 0) is 0 Å². The Morgan fingerprint density at radius 3 is 2.81 bits per heavy atom. The van der Waals surface area contributed by atoms with Gasteiger partial charge in [-0.3, -0.25) is 0 Å². The standard InChI is InChI=1S/C15H24O/c1-12-7-9-14(10-8-12)13(2)6-5-11-15(3,4)16/h5-7,14,16H,2,8-11H2,1,3-4H3. The first-order valence-electron chi connectivity index (χ1n) is 6.12. The minimum Gasteiger partial charge on any atom is -0.390 e. The molecule has 0 aromatic rings. The minimum atomic E-state index is -0.611. The van der Waals surface area contributed by atoms with E-state index in [4.69, 9.17) is 0 Å². The van der Waals surface area contributed by atoms with Crippen LogP contribution >= 0.6 is 0 Å². The highest BCUT2D eigenvalue weighted by atomic mass is 16.3. The summed E-state index contributed by atoms with van der Waals surface area (Å²) in [6, 6.07) is 0. The van der Waals surface area contributed by atoms with Crippen LogP contribution in [0.5, 0.6) is 0 Å². The Morgan fingerprint density at radius 1 is 1.62 bits per heavy atom. The highest BCUT2D eigenvalue weighted by Gasteiger charge is 2.14. The zero-order valence-corrected chi connectivity index (χ0v) is 10.8. The second kappa shape index (κ2) is 5.49. The Balaban J connectivity index is 2.41. The Labute approximate surface area is 99.6 Å². The molecule has 16 heavy (non-hydrogen) atoms. The van der Waals surface area contributed by atoms with Crippen LogP contribution in [0.1, 0.15) is 46.5 Å². The lowest BCUT2D eigenvalue weighted by molar-refractivity contribution is 0.0839.